The lowest BCUT2D eigenvalue weighted by Gasteiger charge is -2.17. The number of hydrogen-bond acceptors (Lipinski definition) is 4. The second-order valence-corrected chi connectivity index (χ2v) is 6.69. The average molecular weight is 381 g/mol. The van der Waals surface area contributed by atoms with E-state index in [1.54, 1.807) is 11.4 Å². The molecular weight excluding hydrogens is 367 g/mol. The Balaban J connectivity index is 1.72. The SMILES string of the molecule is CN(Cc1nc2ccsc2c(=O)[nH]1)C(=O)Cc1cccc(C(F)(F)F)c1. The van der Waals surface area contributed by atoms with Crippen LogP contribution >= 0.6 is 11.3 Å². The van der Waals surface area contributed by atoms with Crippen LogP contribution in [0.3, 0.4) is 0 Å². The molecule has 0 saturated heterocycles. The molecule has 0 unspecified atom stereocenters. The zero-order chi connectivity index (χ0) is 18.9. The number of thiophene rings is 1. The number of alkyl halides is 3. The van der Waals surface area contributed by atoms with Crippen molar-refractivity contribution in [2.75, 3.05) is 7.05 Å². The molecule has 0 aliphatic carbocycles. The van der Waals surface area contributed by atoms with Crippen molar-refractivity contribution < 1.29 is 18.0 Å². The Bertz CT molecular complexity index is 1010. The number of H-pyrrole nitrogens is 1. The quantitative estimate of drug-likeness (QED) is 0.755. The van der Waals surface area contributed by atoms with E-state index in [9.17, 15) is 22.8 Å². The first-order chi connectivity index (χ1) is 12.2. The third-order valence-electron chi connectivity index (χ3n) is 3.79. The predicted molar refractivity (Wildman–Crippen MR) is 91.9 cm³/mol. The van der Waals surface area contributed by atoms with Crippen molar-refractivity contribution in [3.05, 3.63) is 63.0 Å². The van der Waals surface area contributed by atoms with Crippen LogP contribution in [0, 0.1) is 0 Å². The third-order valence-corrected chi connectivity index (χ3v) is 4.69. The molecule has 9 heteroatoms. The summed E-state index contributed by atoms with van der Waals surface area (Å²) in [6, 6.07) is 6.38. The lowest BCUT2D eigenvalue weighted by Crippen LogP contribution is -2.29. The van der Waals surface area contributed by atoms with Crippen LogP contribution in [0.25, 0.3) is 10.2 Å². The summed E-state index contributed by atoms with van der Waals surface area (Å²) in [7, 11) is 1.51. The summed E-state index contributed by atoms with van der Waals surface area (Å²) in [5.41, 5.74) is -0.253. The Labute approximate surface area is 150 Å². The van der Waals surface area contributed by atoms with Crippen LogP contribution in [-0.4, -0.2) is 27.8 Å². The molecule has 1 amide bonds. The van der Waals surface area contributed by atoms with E-state index in [0.29, 0.717) is 16.0 Å². The van der Waals surface area contributed by atoms with E-state index >= 15 is 0 Å². The van der Waals surface area contributed by atoms with Crippen LogP contribution < -0.4 is 5.56 Å². The number of nitrogens with one attached hydrogen (secondary N) is 1. The minimum absolute atomic E-state index is 0.0544. The number of hydrogen-bond donors (Lipinski definition) is 1. The van der Waals surface area contributed by atoms with Crippen LogP contribution in [-0.2, 0) is 23.9 Å². The maximum atomic E-state index is 12.8. The molecule has 26 heavy (non-hydrogen) atoms. The van der Waals surface area contributed by atoms with Gasteiger partial charge in [0.1, 0.15) is 10.5 Å². The van der Waals surface area contributed by atoms with Gasteiger partial charge in [0.15, 0.2) is 0 Å². The van der Waals surface area contributed by atoms with Crippen LogP contribution in [0.4, 0.5) is 13.2 Å². The Morgan fingerprint density at radius 3 is 2.81 bits per heavy atom. The fourth-order valence-electron chi connectivity index (χ4n) is 2.48. The number of carbonyl (C=O) groups excluding carboxylic acids is 1. The number of aromatic nitrogens is 2. The number of fused-ring (bicyclic) bond motifs is 1. The van der Waals surface area contributed by atoms with Crippen molar-refractivity contribution in [3.63, 3.8) is 0 Å². The molecule has 5 nitrogen and oxygen atoms in total. The highest BCUT2D eigenvalue weighted by molar-refractivity contribution is 7.17. The highest BCUT2D eigenvalue weighted by Crippen LogP contribution is 2.29. The number of nitrogens with zero attached hydrogens (tertiary/aromatic N) is 2. The van der Waals surface area contributed by atoms with E-state index < -0.39 is 11.7 Å². The van der Waals surface area contributed by atoms with Gasteiger partial charge in [-0.15, -0.1) is 11.3 Å². The maximum Gasteiger partial charge on any atom is 0.416 e. The van der Waals surface area contributed by atoms with Crippen molar-refractivity contribution in [1.82, 2.24) is 14.9 Å². The van der Waals surface area contributed by atoms with E-state index in [-0.39, 0.29) is 30.0 Å². The van der Waals surface area contributed by atoms with Gasteiger partial charge in [-0.2, -0.15) is 13.2 Å². The molecule has 0 aliphatic heterocycles. The van der Waals surface area contributed by atoms with E-state index in [2.05, 4.69) is 9.97 Å². The highest BCUT2D eigenvalue weighted by Gasteiger charge is 2.30. The molecule has 0 bridgehead atoms. The number of carbonyl (C=O) groups is 1. The summed E-state index contributed by atoms with van der Waals surface area (Å²) in [6.45, 7) is 0.0544. The van der Waals surface area contributed by atoms with E-state index in [4.69, 9.17) is 0 Å². The summed E-state index contributed by atoms with van der Waals surface area (Å²) in [4.78, 5) is 32.5. The van der Waals surface area contributed by atoms with Crippen molar-refractivity contribution in [3.8, 4) is 0 Å². The standard InChI is InChI=1S/C17H14F3N3O2S/c1-23(9-13-21-12-5-6-26-15(12)16(25)22-13)14(24)8-10-3-2-4-11(7-10)17(18,19)20/h2-7H,8-9H2,1H3,(H,21,22,25). The lowest BCUT2D eigenvalue weighted by molar-refractivity contribution is -0.138. The van der Waals surface area contributed by atoms with Gasteiger partial charge in [-0.25, -0.2) is 4.98 Å². The Kier molecular flexibility index (Phi) is 4.82. The normalized spacial score (nSPS) is 11.7. The van der Waals surface area contributed by atoms with Gasteiger partial charge < -0.3 is 9.88 Å². The highest BCUT2D eigenvalue weighted by atomic mass is 32.1. The zero-order valence-electron chi connectivity index (χ0n) is 13.6. The molecule has 1 aromatic carbocycles. The fourth-order valence-corrected chi connectivity index (χ4v) is 3.20. The summed E-state index contributed by atoms with van der Waals surface area (Å²) >= 11 is 1.27. The Hall–Kier alpha value is -2.68. The second kappa shape index (κ2) is 6.91. The third kappa shape index (κ3) is 3.93. The van der Waals surface area contributed by atoms with Crippen LogP contribution in [0.1, 0.15) is 17.0 Å². The smallest absolute Gasteiger partial charge is 0.338 e. The molecule has 136 valence electrons. The van der Waals surface area contributed by atoms with E-state index in [1.165, 1.54) is 35.4 Å². The van der Waals surface area contributed by atoms with Crippen LogP contribution in [0.15, 0.2) is 40.5 Å². The monoisotopic (exact) mass is 381 g/mol. The van der Waals surface area contributed by atoms with Gasteiger partial charge in [0.05, 0.1) is 24.0 Å². The summed E-state index contributed by atoms with van der Waals surface area (Å²) in [5, 5.41) is 1.75. The molecule has 2 heterocycles. The molecular formula is C17H14F3N3O2S. The van der Waals surface area contributed by atoms with Gasteiger partial charge >= 0.3 is 6.18 Å². The molecule has 3 aromatic rings. The molecule has 3 rings (SSSR count). The molecule has 0 aliphatic rings. The van der Waals surface area contributed by atoms with E-state index in [1.807, 2.05) is 0 Å². The molecule has 2 aromatic heterocycles. The molecule has 1 N–H and O–H groups in total. The lowest BCUT2D eigenvalue weighted by atomic mass is 10.1. The molecule has 0 spiro atoms. The van der Waals surface area contributed by atoms with Gasteiger partial charge in [0.2, 0.25) is 5.91 Å². The summed E-state index contributed by atoms with van der Waals surface area (Å²) in [5.74, 6) is -0.0572. The molecule has 0 atom stereocenters. The molecule has 0 saturated carbocycles. The minimum Gasteiger partial charge on any atom is -0.338 e. The first-order valence-corrected chi connectivity index (χ1v) is 8.48. The van der Waals surface area contributed by atoms with Gasteiger partial charge in [0, 0.05) is 7.05 Å². The number of halogens is 3. The predicted octanol–water partition coefficient (Wildman–Crippen LogP) is 3.20. The maximum absolute atomic E-state index is 12.8. The number of likely N-dealkylation sites (N-methyl/N-ethyl adjacent to an activating group) is 1. The van der Waals surface area contributed by atoms with Crippen molar-refractivity contribution in [2.45, 2.75) is 19.1 Å². The van der Waals surface area contributed by atoms with Gasteiger partial charge in [-0.1, -0.05) is 18.2 Å². The topological polar surface area (TPSA) is 66.1 Å². The number of rotatable bonds is 4. The number of amides is 1. The Morgan fingerprint density at radius 1 is 1.31 bits per heavy atom. The fraction of sp³-hybridized carbons (Fsp3) is 0.235. The van der Waals surface area contributed by atoms with E-state index in [0.717, 1.165) is 12.1 Å². The van der Waals surface area contributed by atoms with Crippen LogP contribution in [0.5, 0.6) is 0 Å². The van der Waals surface area contributed by atoms with Crippen molar-refractivity contribution >= 4 is 27.5 Å². The molecule has 0 radical (unpaired) electrons. The summed E-state index contributed by atoms with van der Waals surface area (Å²) in [6.07, 6.45) is -4.63. The second-order valence-electron chi connectivity index (χ2n) is 5.77. The first kappa shape index (κ1) is 18.1. The van der Waals surface area contributed by atoms with Crippen molar-refractivity contribution in [2.24, 2.45) is 0 Å². The number of benzene rings is 1. The van der Waals surface area contributed by atoms with Gasteiger partial charge in [0.25, 0.3) is 5.56 Å². The minimum atomic E-state index is -4.45. The number of aromatic amines is 1. The first-order valence-electron chi connectivity index (χ1n) is 7.60. The van der Waals surface area contributed by atoms with Gasteiger partial charge in [-0.3, -0.25) is 9.59 Å². The van der Waals surface area contributed by atoms with Gasteiger partial charge in [-0.05, 0) is 23.1 Å². The average Bonchev–Trinajstić information content (AvgIpc) is 3.03. The van der Waals surface area contributed by atoms with Crippen LogP contribution in [0.2, 0.25) is 0 Å². The Morgan fingerprint density at radius 2 is 2.08 bits per heavy atom. The summed E-state index contributed by atoms with van der Waals surface area (Å²) < 4.78 is 38.8. The zero-order valence-corrected chi connectivity index (χ0v) is 14.4. The van der Waals surface area contributed by atoms with Crippen molar-refractivity contribution in [1.29, 1.82) is 0 Å². The largest absolute Gasteiger partial charge is 0.416 e. The molecule has 0 fully saturated rings.